The Hall–Kier alpha value is -3.61. The molecule has 33 heavy (non-hydrogen) atoms. The van der Waals surface area contributed by atoms with Crippen LogP contribution in [0.3, 0.4) is 0 Å². The normalized spacial score (nSPS) is 14.8. The molecule has 1 heterocycles. The molecule has 1 unspecified atom stereocenters. The van der Waals surface area contributed by atoms with Gasteiger partial charge in [-0.05, 0) is 66.3 Å². The second-order valence-electron chi connectivity index (χ2n) is 7.74. The Morgan fingerprint density at radius 1 is 0.879 bits per heavy atom. The van der Waals surface area contributed by atoms with Crippen molar-refractivity contribution in [3.05, 3.63) is 124 Å². The van der Waals surface area contributed by atoms with Crippen LogP contribution in [0.4, 0.5) is 0 Å². The zero-order chi connectivity index (χ0) is 23.0. The maximum absolute atomic E-state index is 11.9. The van der Waals surface area contributed by atoms with Crippen molar-refractivity contribution in [3.8, 4) is 11.8 Å². The molecular formula is C30H26O2S. The number of rotatable bonds is 5. The minimum atomic E-state index is -0.306. The molecule has 3 heteroatoms. The molecule has 1 aliphatic rings. The molecule has 0 fully saturated rings. The van der Waals surface area contributed by atoms with E-state index in [1.807, 2.05) is 18.2 Å². The first-order valence-electron chi connectivity index (χ1n) is 11.0. The second-order valence-corrected chi connectivity index (χ2v) is 9.57. The Labute approximate surface area is 198 Å². The number of benzene rings is 3. The number of allylic oxidation sites excluding steroid dienone is 4. The molecule has 0 N–H and O–H groups in total. The van der Waals surface area contributed by atoms with E-state index in [4.69, 9.17) is 4.74 Å². The van der Waals surface area contributed by atoms with Gasteiger partial charge in [-0.3, -0.25) is 0 Å². The molecule has 3 aromatic carbocycles. The lowest BCUT2D eigenvalue weighted by molar-refractivity contribution is 0.0526. The van der Waals surface area contributed by atoms with Gasteiger partial charge in [0.15, 0.2) is 0 Å². The molecule has 1 aliphatic heterocycles. The average Bonchev–Trinajstić information content (AvgIpc) is 2.85. The molecule has 0 spiro atoms. The summed E-state index contributed by atoms with van der Waals surface area (Å²) in [6.07, 6.45) is 4.31. The van der Waals surface area contributed by atoms with Crippen LogP contribution in [0.2, 0.25) is 0 Å². The van der Waals surface area contributed by atoms with Crippen LogP contribution in [0.25, 0.3) is 5.57 Å². The van der Waals surface area contributed by atoms with Crippen LogP contribution in [0.5, 0.6) is 0 Å². The van der Waals surface area contributed by atoms with E-state index in [1.165, 1.54) is 22.3 Å². The van der Waals surface area contributed by atoms with Crippen molar-refractivity contribution in [2.24, 2.45) is 0 Å². The fraction of sp³-hybridized carbons (Fsp3) is 0.133. The average molecular weight is 451 g/mol. The topological polar surface area (TPSA) is 26.3 Å². The van der Waals surface area contributed by atoms with Gasteiger partial charge < -0.3 is 4.74 Å². The van der Waals surface area contributed by atoms with E-state index >= 15 is 0 Å². The minimum Gasteiger partial charge on any atom is -0.462 e. The van der Waals surface area contributed by atoms with E-state index in [1.54, 1.807) is 19.1 Å². The molecular weight excluding hydrogens is 424 g/mol. The van der Waals surface area contributed by atoms with E-state index in [-0.39, 0.29) is 16.5 Å². The van der Waals surface area contributed by atoms with Gasteiger partial charge in [0.2, 0.25) is 0 Å². The van der Waals surface area contributed by atoms with Gasteiger partial charge in [-0.25, -0.2) is 4.79 Å². The molecule has 1 atom stereocenters. The number of hydrogen-bond acceptors (Lipinski definition) is 2. The molecule has 0 saturated heterocycles. The summed E-state index contributed by atoms with van der Waals surface area (Å²) in [4.78, 5) is 13.0. The van der Waals surface area contributed by atoms with Crippen molar-refractivity contribution >= 4 is 27.4 Å². The Kier molecular flexibility index (Phi) is 7.40. The number of esters is 1. The number of carbonyl (C=O) groups excluding carboxylic acids is 1. The monoisotopic (exact) mass is 450 g/mol. The van der Waals surface area contributed by atoms with Gasteiger partial charge in [0, 0.05) is 11.3 Å². The molecule has 3 aromatic rings. The fourth-order valence-corrected chi connectivity index (χ4v) is 5.30. The lowest BCUT2D eigenvalue weighted by atomic mass is 10.1. The van der Waals surface area contributed by atoms with Crippen LogP contribution in [-0.2, 0) is 10.5 Å². The zero-order valence-corrected chi connectivity index (χ0v) is 19.7. The highest BCUT2D eigenvalue weighted by Gasteiger charge is 2.10. The lowest BCUT2D eigenvalue weighted by Gasteiger charge is -2.15. The molecule has 164 valence electrons. The maximum atomic E-state index is 11.9. The number of aryl methyl sites for hydroxylation is 1. The predicted octanol–water partition coefficient (Wildman–Crippen LogP) is 6.78. The van der Waals surface area contributed by atoms with Crippen LogP contribution >= 0.6 is 10.5 Å². The van der Waals surface area contributed by atoms with E-state index in [9.17, 15) is 4.79 Å². The Bertz CT molecular complexity index is 1280. The number of carbonyl (C=O) groups is 1. The standard InChI is InChI=1S/C30H26O2S/c1-3-32-30(31)27-16-11-24(12-17-27)13-19-29-20-18-28(26-14-9-23(2)10-15-26)22-33(29)21-25-7-5-4-6-8-25/h4-12,14-18,20,22H,3,21H2,1-2H3. The highest BCUT2D eigenvalue weighted by Crippen LogP contribution is 2.35. The van der Waals surface area contributed by atoms with Crippen LogP contribution in [0.15, 0.2) is 95.9 Å². The highest BCUT2D eigenvalue weighted by atomic mass is 32.2. The predicted molar refractivity (Wildman–Crippen MR) is 140 cm³/mol. The van der Waals surface area contributed by atoms with E-state index in [0.29, 0.717) is 12.2 Å². The maximum Gasteiger partial charge on any atom is 0.338 e. The molecule has 0 aromatic heterocycles. The molecule has 0 saturated carbocycles. The third-order valence-corrected chi connectivity index (χ3v) is 7.23. The third kappa shape index (κ3) is 6.00. The molecule has 0 aliphatic carbocycles. The van der Waals surface area contributed by atoms with Gasteiger partial charge >= 0.3 is 5.97 Å². The Morgan fingerprint density at radius 3 is 2.30 bits per heavy atom. The zero-order valence-electron chi connectivity index (χ0n) is 18.9. The van der Waals surface area contributed by atoms with Gasteiger partial charge in [-0.2, -0.15) is 0 Å². The largest absolute Gasteiger partial charge is 0.462 e. The fourth-order valence-electron chi connectivity index (χ4n) is 3.44. The Balaban J connectivity index is 1.62. The van der Waals surface area contributed by atoms with Gasteiger partial charge in [0.1, 0.15) is 0 Å². The molecule has 0 bridgehead atoms. The second kappa shape index (κ2) is 10.8. The summed E-state index contributed by atoms with van der Waals surface area (Å²) in [6.45, 7) is 4.28. The third-order valence-electron chi connectivity index (χ3n) is 5.24. The van der Waals surface area contributed by atoms with Crippen molar-refractivity contribution in [1.82, 2.24) is 0 Å². The van der Waals surface area contributed by atoms with Crippen molar-refractivity contribution in [3.63, 3.8) is 0 Å². The quantitative estimate of drug-likeness (QED) is 0.243. The summed E-state index contributed by atoms with van der Waals surface area (Å²) in [5, 5.41) is 2.35. The van der Waals surface area contributed by atoms with Gasteiger partial charge in [-0.1, -0.05) is 78.1 Å². The first kappa shape index (κ1) is 22.6. The number of ether oxygens (including phenoxy) is 1. The summed E-state index contributed by atoms with van der Waals surface area (Å²) < 4.78 is 5.05. The van der Waals surface area contributed by atoms with Crippen LogP contribution in [-0.4, -0.2) is 17.9 Å². The van der Waals surface area contributed by atoms with Crippen molar-refractivity contribution < 1.29 is 9.53 Å². The molecule has 0 radical (unpaired) electrons. The molecule has 0 amide bonds. The van der Waals surface area contributed by atoms with Gasteiger partial charge in [0.25, 0.3) is 0 Å². The first-order valence-corrected chi connectivity index (χ1v) is 12.4. The summed E-state index contributed by atoms with van der Waals surface area (Å²) in [5.41, 5.74) is 6.44. The van der Waals surface area contributed by atoms with Gasteiger partial charge in [0.05, 0.1) is 17.1 Å². The van der Waals surface area contributed by atoms with Crippen molar-refractivity contribution in [1.29, 1.82) is 0 Å². The SMILES string of the molecule is CCOC(=O)c1ccc(C#CC2=CC=C(c3ccc(C)cc3)C=S2Cc2ccccc2)cc1. The smallest absolute Gasteiger partial charge is 0.338 e. The summed E-state index contributed by atoms with van der Waals surface area (Å²) >= 11 is 0. The lowest BCUT2D eigenvalue weighted by Crippen LogP contribution is -2.04. The summed E-state index contributed by atoms with van der Waals surface area (Å²) in [6, 6.07) is 26.5. The van der Waals surface area contributed by atoms with Crippen LogP contribution < -0.4 is 0 Å². The number of hydrogen-bond donors (Lipinski definition) is 0. The molecule has 4 rings (SSSR count). The summed E-state index contributed by atoms with van der Waals surface area (Å²) in [7, 11) is -0.137. The highest BCUT2D eigenvalue weighted by molar-refractivity contribution is 8.18. The minimum absolute atomic E-state index is 0.137. The van der Waals surface area contributed by atoms with E-state index in [2.05, 4.69) is 84.8 Å². The molecule has 2 nitrogen and oxygen atoms in total. The first-order chi connectivity index (χ1) is 16.1. The van der Waals surface area contributed by atoms with Crippen LogP contribution in [0.1, 0.15) is 39.5 Å². The Morgan fingerprint density at radius 2 is 1.61 bits per heavy atom. The van der Waals surface area contributed by atoms with Gasteiger partial charge in [-0.15, -0.1) is 10.5 Å². The van der Waals surface area contributed by atoms with E-state index < -0.39 is 0 Å². The van der Waals surface area contributed by atoms with Crippen molar-refractivity contribution in [2.45, 2.75) is 19.6 Å². The van der Waals surface area contributed by atoms with Crippen LogP contribution in [0, 0.1) is 18.8 Å². The van der Waals surface area contributed by atoms with Crippen molar-refractivity contribution in [2.75, 3.05) is 6.61 Å². The van der Waals surface area contributed by atoms with E-state index in [0.717, 1.165) is 16.2 Å². The summed E-state index contributed by atoms with van der Waals surface area (Å²) in [5.74, 6) is 7.29.